The van der Waals surface area contributed by atoms with Crippen molar-refractivity contribution in [1.29, 1.82) is 0 Å². The lowest BCUT2D eigenvalue weighted by Crippen LogP contribution is -2.09. The van der Waals surface area contributed by atoms with Crippen LogP contribution in [0.3, 0.4) is 0 Å². The molecule has 0 radical (unpaired) electrons. The molecule has 0 spiro atoms. The summed E-state index contributed by atoms with van der Waals surface area (Å²) in [5.74, 6) is 0.420. The van der Waals surface area contributed by atoms with Crippen molar-refractivity contribution in [3.63, 3.8) is 0 Å². The summed E-state index contributed by atoms with van der Waals surface area (Å²) in [5, 5.41) is 13.3. The number of aromatic carboxylic acids is 1. The first-order valence-corrected chi connectivity index (χ1v) is 5.12. The number of aromatic nitrogens is 4. The van der Waals surface area contributed by atoms with Crippen molar-refractivity contribution in [2.45, 2.75) is 25.7 Å². The average molecular weight is 218 g/mol. The molecule has 2 aromatic rings. The third-order valence-corrected chi connectivity index (χ3v) is 2.70. The van der Waals surface area contributed by atoms with Crippen LogP contribution in [0.15, 0.2) is 6.20 Å². The van der Waals surface area contributed by atoms with Gasteiger partial charge >= 0.3 is 5.97 Å². The maximum atomic E-state index is 11.1. The topological polar surface area (TPSA) is 80.4 Å². The Kier molecular flexibility index (Phi) is 1.74. The molecule has 3 rings (SSSR count). The fraction of sp³-hybridized carbons (Fsp3) is 0.400. The summed E-state index contributed by atoms with van der Waals surface area (Å²) in [6.45, 7) is 1.77. The highest BCUT2D eigenvalue weighted by molar-refractivity contribution is 5.89. The van der Waals surface area contributed by atoms with Crippen molar-refractivity contribution < 1.29 is 9.90 Å². The first-order valence-electron chi connectivity index (χ1n) is 5.12. The minimum absolute atomic E-state index is 0.236. The number of nitrogens with zero attached hydrogens (tertiary/aromatic N) is 4. The molecule has 2 heterocycles. The minimum Gasteiger partial charge on any atom is -0.478 e. The standard InChI is InChI=1S/C10H10N4O2/c1-5-12-10-11-4-7(9(15)16)8(6-2-3-6)14(10)13-5/h4,6H,2-3H2,1H3,(H,15,16). The Morgan fingerprint density at radius 2 is 2.31 bits per heavy atom. The molecule has 6 heteroatoms. The van der Waals surface area contributed by atoms with Crippen LogP contribution in [0.2, 0.25) is 0 Å². The molecule has 1 aliphatic carbocycles. The summed E-state index contributed by atoms with van der Waals surface area (Å²) < 4.78 is 1.57. The van der Waals surface area contributed by atoms with Gasteiger partial charge in [-0.05, 0) is 19.8 Å². The molecule has 0 bridgehead atoms. The molecule has 82 valence electrons. The van der Waals surface area contributed by atoms with E-state index in [1.165, 1.54) is 6.20 Å². The van der Waals surface area contributed by atoms with Gasteiger partial charge in [-0.15, -0.1) is 0 Å². The molecular formula is C10H10N4O2. The largest absolute Gasteiger partial charge is 0.478 e. The fourth-order valence-corrected chi connectivity index (χ4v) is 1.87. The molecule has 0 aromatic carbocycles. The van der Waals surface area contributed by atoms with Gasteiger partial charge in [-0.3, -0.25) is 0 Å². The van der Waals surface area contributed by atoms with Crippen LogP contribution in [0.1, 0.15) is 40.6 Å². The summed E-state index contributed by atoms with van der Waals surface area (Å²) in [4.78, 5) is 19.2. The highest BCUT2D eigenvalue weighted by Gasteiger charge is 2.32. The molecule has 1 saturated carbocycles. The number of hydrogen-bond acceptors (Lipinski definition) is 4. The smallest absolute Gasteiger partial charge is 0.339 e. The first-order chi connectivity index (χ1) is 7.66. The molecule has 0 saturated heterocycles. The highest BCUT2D eigenvalue weighted by Crippen LogP contribution is 2.41. The maximum Gasteiger partial charge on any atom is 0.339 e. The van der Waals surface area contributed by atoms with Gasteiger partial charge in [0.15, 0.2) is 0 Å². The highest BCUT2D eigenvalue weighted by atomic mass is 16.4. The lowest BCUT2D eigenvalue weighted by molar-refractivity contribution is 0.0694. The lowest BCUT2D eigenvalue weighted by Gasteiger charge is -2.05. The lowest BCUT2D eigenvalue weighted by atomic mass is 10.1. The Hall–Kier alpha value is -1.98. The summed E-state index contributed by atoms with van der Waals surface area (Å²) in [6, 6.07) is 0. The molecule has 1 N–H and O–H groups in total. The van der Waals surface area contributed by atoms with Crippen LogP contribution in [0.4, 0.5) is 0 Å². The van der Waals surface area contributed by atoms with Crippen molar-refractivity contribution in [2.24, 2.45) is 0 Å². The number of carbonyl (C=O) groups is 1. The normalized spacial score (nSPS) is 15.6. The summed E-state index contributed by atoms with van der Waals surface area (Å²) in [7, 11) is 0. The van der Waals surface area contributed by atoms with Crippen LogP contribution in [0.25, 0.3) is 5.78 Å². The molecule has 2 aromatic heterocycles. The van der Waals surface area contributed by atoms with Crippen LogP contribution in [-0.4, -0.2) is 30.7 Å². The zero-order chi connectivity index (χ0) is 11.3. The van der Waals surface area contributed by atoms with E-state index in [0.717, 1.165) is 18.5 Å². The van der Waals surface area contributed by atoms with Gasteiger partial charge in [-0.1, -0.05) is 0 Å². The quantitative estimate of drug-likeness (QED) is 0.813. The van der Waals surface area contributed by atoms with Gasteiger partial charge in [0.2, 0.25) is 0 Å². The number of hydrogen-bond donors (Lipinski definition) is 1. The van der Waals surface area contributed by atoms with E-state index in [1.807, 2.05) is 0 Å². The van der Waals surface area contributed by atoms with Crippen molar-refractivity contribution in [3.05, 3.63) is 23.3 Å². The van der Waals surface area contributed by atoms with Crippen LogP contribution in [0, 0.1) is 6.92 Å². The maximum absolute atomic E-state index is 11.1. The average Bonchev–Trinajstić information content (AvgIpc) is 2.97. The van der Waals surface area contributed by atoms with E-state index in [9.17, 15) is 4.79 Å². The summed E-state index contributed by atoms with van der Waals surface area (Å²) in [5.41, 5.74) is 0.970. The van der Waals surface area contributed by atoms with Crippen molar-refractivity contribution in [2.75, 3.05) is 0 Å². The molecule has 16 heavy (non-hydrogen) atoms. The first kappa shape index (κ1) is 9.26. The van der Waals surface area contributed by atoms with Gasteiger partial charge in [0.1, 0.15) is 5.82 Å². The van der Waals surface area contributed by atoms with Crippen LogP contribution >= 0.6 is 0 Å². The third-order valence-electron chi connectivity index (χ3n) is 2.70. The van der Waals surface area contributed by atoms with Gasteiger partial charge < -0.3 is 5.11 Å². The molecule has 0 amide bonds. The third kappa shape index (κ3) is 1.26. The monoisotopic (exact) mass is 218 g/mol. The molecule has 0 aliphatic heterocycles. The van der Waals surface area contributed by atoms with Crippen LogP contribution < -0.4 is 0 Å². The van der Waals surface area contributed by atoms with Crippen molar-refractivity contribution in [1.82, 2.24) is 19.6 Å². The number of fused-ring (bicyclic) bond motifs is 1. The number of aryl methyl sites for hydroxylation is 1. The van der Waals surface area contributed by atoms with E-state index in [-0.39, 0.29) is 11.5 Å². The van der Waals surface area contributed by atoms with Crippen LogP contribution in [-0.2, 0) is 0 Å². The number of carboxylic acids is 1. The second-order valence-corrected chi connectivity index (χ2v) is 4.01. The summed E-state index contributed by atoms with van der Waals surface area (Å²) in [6.07, 6.45) is 3.40. The second-order valence-electron chi connectivity index (χ2n) is 4.01. The number of carboxylic acid groups (broad SMARTS) is 1. The van der Waals surface area contributed by atoms with E-state index >= 15 is 0 Å². The summed E-state index contributed by atoms with van der Waals surface area (Å²) >= 11 is 0. The fourth-order valence-electron chi connectivity index (χ4n) is 1.87. The van der Waals surface area contributed by atoms with Crippen LogP contribution in [0.5, 0.6) is 0 Å². The van der Waals surface area contributed by atoms with Gasteiger partial charge in [0.25, 0.3) is 5.78 Å². The zero-order valence-electron chi connectivity index (χ0n) is 8.71. The molecule has 6 nitrogen and oxygen atoms in total. The van der Waals surface area contributed by atoms with E-state index in [0.29, 0.717) is 11.6 Å². The van der Waals surface area contributed by atoms with E-state index < -0.39 is 5.97 Å². The van der Waals surface area contributed by atoms with Gasteiger partial charge in [0, 0.05) is 12.1 Å². The molecule has 0 unspecified atom stereocenters. The molecule has 1 fully saturated rings. The number of rotatable bonds is 2. The minimum atomic E-state index is -0.954. The van der Waals surface area contributed by atoms with E-state index in [4.69, 9.17) is 5.11 Å². The van der Waals surface area contributed by atoms with E-state index in [2.05, 4.69) is 15.1 Å². The zero-order valence-corrected chi connectivity index (χ0v) is 8.71. The van der Waals surface area contributed by atoms with Gasteiger partial charge in [-0.2, -0.15) is 14.6 Å². The Bertz CT molecular complexity index is 586. The Balaban J connectivity index is 2.34. The van der Waals surface area contributed by atoms with E-state index in [1.54, 1.807) is 11.4 Å². The predicted molar refractivity (Wildman–Crippen MR) is 54.5 cm³/mol. The Labute approximate surface area is 91.0 Å². The molecule has 1 aliphatic rings. The SMILES string of the molecule is Cc1nc2ncc(C(=O)O)c(C3CC3)n2n1. The van der Waals surface area contributed by atoms with Gasteiger partial charge in [-0.25, -0.2) is 9.78 Å². The Morgan fingerprint density at radius 3 is 2.94 bits per heavy atom. The van der Waals surface area contributed by atoms with Crippen molar-refractivity contribution >= 4 is 11.7 Å². The molecular weight excluding hydrogens is 208 g/mol. The van der Waals surface area contributed by atoms with Gasteiger partial charge in [0.05, 0.1) is 11.3 Å². The second kappa shape index (κ2) is 3.01. The Morgan fingerprint density at radius 1 is 1.56 bits per heavy atom. The molecule has 0 atom stereocenters. The predicted octanol–water partition coefficient (Wildman–Crippen LogP) is 1.01. The van der Waals surface area contributed by atoms with Crippen molar-refractivity contribution in [3.8, 4) is 0 Å².